The van der Waals surface area contributed by atoms with Gasteiger partial charge in [0.25, 0.3) is 5.91 Å². The smallest absolute Gasteiger partial charge is 0.274 e. The number of guanidine groups is 1. The maximum absolute atomic E-state index is 12.2. The van der Waals surface area contributed by atoms with Crippen molar-refractivity contribution < 1.29 is 9.53 Å². The van der Waals surface area contributed by atoms with E-state index in [0.29, 0.717) is 18.3 Å². The first-order chi connectivity index (χ1) is 12.0. The summed E-state index contributed by atoms with van der Waals surface area (Å²) in [6, 6.07) is 6.02. The lowest BCUT2D eigenvalue weighted by Crippen LogP contribution is -2.37. The van der Waals surface area contributed by atoms with Gasteiger partial charge in [-0.3, -0.25) is 10.1 Å². The Hall–Kier alpha value is -2.25. The van der Waals surface area contributed by atoms with E-state index in [2.05, 4.69) is 34.5 Å². The Morgan fingerprint density at radius 3 is 3.08 bits per heavy atom. The maximum Gasteiger partial charge on any atom is 0.274 e. The van der Waals surface area contributed by atoms with Crippen LogP contribution in [0.5, 0.6) is 0 Å². The molecule has 25 heavy (non-hydrogen) atoms. The van der Waals surface area contributed by atoms with E-state index < -0.39 is 0 Å². The van der Waals surface area contributed by atoms with Crippen molar-refractivity contribution >= 4 is 39.5 Å². The number of nitrogens with zero attached hydrogens (tertiary/aromatic N) is 2. The van der Waals surface area contributed by atoms with Gasteiger partial charge in [0.2, 0.25) is 5.96 Å². The Labute approximate surface area is 150 Å². The molecule has 0 bridgehead atoms. The van der Waals surface area contributed by atoms with Crippen LogP contribution in [0.2, 0.25) is 0 Å². The van der Waals surface area contributed by atoms with Crippen LogP contribution in [0.15, 0.2) is 34.4 Å². The van der Waals surface area contributed by atoms with E-state index in [-0.39, 0.29) is 17.6 Å². The van der Waals surface area contributed by atoms with Gasteiger partial charge in [-0.25, -0.2) is 9.98 Å². The van der Waals surface area contributed by atoms with Crippen molar-refractivity contribution in [3.8, 4) is 0 Å². The Bertz CT molecular complexity index is 874. The summed E-state index contributed by atoms with van der Waals surface area (Å²) in [6.45, 7) is 4.76. The summed E-state index contributed by atoms with van der Waals surface area (Å²) in [5, 5.41) is 5.87. The monoisotopic (exact) mass is 356 g/mol. The molecule has 6 nitrogen and oxygen atoms in total. The topological polar surface area (TPSA) is 75.6 Å². The van der Waals surface area contributed by atoms with Crippen molar-refractivity contribution in [2.24, 2.45) is 4.99 Å². The van der Waals surface area contributed by atoms with E-state index in [1.54, 1.807) is 11.3 Å². The number of amides is 1. The van der Waals surface area contributed by atoms with Crippen molar-refractivity contribution in [2.75, 3.05) is 6.61 Å². The lowest BCUT2D eigenvalue weighted by molar-refractivity contribution is -0.115. The zero-order valence-electron chi connectivity index (χ0n) is 14.2. The van der Waals surface area contributed by atoms with Gasteiger partial charge in [0.1, 0.15) is 5.70 Å². The second kappa shape index (κ2) is 6.24. The molecule has 0 spiro atoms. The maximum atomic E-state index is 12.2. The van der Waals surface area contributed by atoms with Gasteiger partial charge in [0.05, 0.1) is 34.0 Å². The fourth-order valence-electron chi connectivity index (χ4n) is 2.96. The van der Waals surface area contributed by atoms with Gasteiger partial charge in [-0.1, -0.05) is 6.07 Å². The third-order valence-corrected chi connectivity index (χ3v) is 5.25. The lowest BCUT2D eigenvalue weighted by Gasteiger charge is -2.33. The number of aliphatic imine (C=N–C) groups is 1. The molecule has 2 aliphatic heterocycles. The van der Waals surface area contributed by atoms with Gasteiger partial charge in [-0.15, -0.1) is 11.3 Å². The first kappa shape index (κ1) is 16.2. The predicted molar refractivity (Wildman–Crippen MR) is 99.4 cm³/mol. The Morgan fingerprint density at radius 1 is 1.40 bits per heavy atom. The van der Waals surface area contributed by atoms with E-state index in [1.807, 2.05) is 29.8 Å². The Balaban J connectivity index is 1.49. The highest BCUT2D eigenvalue weighted by molar-refractivity contribution is 7.16. The molecule has 3 heterocycles. The minimum Gasteiger partial charge on any atom is -0.373 e. The van der Waals surface area contributed by atoms with Crippen LogP contribution in [0.1, 0.15) is 32.3 Å². The highest BCUT2D eigenvalue weighted by Crippen LogP contribution is 2.25. The highest BCUT2D eigenvalue weighted by Gasteiger charge is 2.29. The standard InChI is InChI=1S/C18H20N4O2S/c1-18(2)6-5-12(9-24-18)20-17-21-14(16(23)22-17)7-11-3-4-13-15(8-11)25-10-19-13/h3-4,7-8,10,12H,5-6,9H2,1-2H3,(H2,20,21,22,23)/b14-7-. The molecule has 0 saturated carbocycles. The molecule has 1 unspecified atom stereocenters. The van der Waals surface area contributed by atoms with E-state index in [9.17, 15) is 4.79 Å². The summed E-state index contributed by atoms with van der Waals surface area (Å²) in [4.78, 5) is 21.0. The molecule has 2 saturated heterocycles. The average Bonchev–Trinajstić information content (AvgIpc) is 3.16. The van der Waals surface area contributed by atoms with Crippen molar-refractivity contribution in [1.82, 2.24) is 15.6 Å². The fraction of sp³-hybridized carbons (Fsp3) is 0.389. The fourth-order valence-corrected chi connectivity index (χ4v) is 3.69. The van der Waals surface area contributed by atoms with Crippen LogP contribution in [-0.4, -0.2) is 35.1 Å². The number of aromatic nitrogens is 1. The van der Waals surface area contributed by atoms with Gasteiger partial charge in [0.15, 0.2) is 0 Å². The number of ether oxygens (including phenoxy) is 1. The van der Waals surface area contributed by atoms with Gasteiger partial charge in [-0.05, 0) is 50.5 Å². The number of thiazole rings is 1. The van der Waals surface area contributed by atoms with Crippen LogP contribution in [-0.2, 0) is 9.53 Å². The molecular weight excluding hydrogens is 336 g/mol. The second-order valence-electron chi connectivity index (χ2n) is 6.96. The van der Waals surface area contributed by atoms with Crippen molar-refractivity contribution in [3.05, 3.63) is 35.0 Å². The normalized spacial score (nSPS) is 26.2. The first-order valence-corrected chi connectivity index (χ1v) is 9.22. The van der Waals surface area contributed by atoms with Gasteiger partial charge in [-0.2, -0.15) is 0 Å². The van der Waals surface area contributed by atoms with E-state index in [1.165, 1.54) is 0 Å². The number of hydrogen-bond donors (Lipinski definition) is 2. The molecule has 1 amide bonds. The summed E-state index contributed by atoms with van der Waals surface area (Å²) in [7, 11) is 0. The lowest BCUT2D eigenvalue weighted by atomic mass is 9.96. The SMILES string of the molecule is CC1(C)CCC(N=C2NC(=O)/C(=C/c3ccc4ncsc4c3)N2)CO1. The number of nitrogens with one attached hydrogen (secondary N) is 2. The molecule has 130 valence electrons. The zero-order valence-corrected chi connectivity index (χ0v) is 15.0. The molecule has 2 aromatic rings. The van der Waals surface area contributed by atoms with Gasteiger partial charge in [0, 0.05) is 0 Å². The zero-order chi connectivity index (χ0) is 17.4. The minimum atomic E-state index is -0.166. The second-order valence-corrected chi connectivity index (χ2v) is 7.84. The summed E-state index contributed by atoms with van der Waals surface area (Å²) in [5.41, 5.74) is 4.17. The van der Waals surface area contributed by atoms with Crippen LogP contribution in [0.4, 0.5) is 0 Å². The predicted octanol–water partition coefficient (Wildman–Crippen LogP) is 2.67. The molecule has 7 heteroatoms. The number of hydrogen-bond acceptors (Lipinski definition) is 5. The molecule has 2 N–H and O–H groups in total. The molecule has 2 fully saturated rings. The minimum absolute atomic E-state index is 0.0729. The number of rotatable bonds is 2. The molecule has 4 rings (SSSR count). The first-order valence-electron chi connectivity index (χ1n) is 8.34. The average molecular weight is 356 g/mol. The number of fused-ring (bicyclic) bond motifs is 1. The number of benzene rings is 1. The van der Waals surface area contributed by atoms with E-state index in [4.69, 9.17) is 4.74 Å². The number of carbonyl (C=O) groups excluding carboxylic acids is 1. The van der Waals surface area contributed by atoms with Crippen LogP contribution < -0.4 is 10.6 Å². The summed E-state index contributed by atoms with van der Waals surface area (Å²) < 4.78 is 6.90. The molecule has 0 aliphatic carbocycles. The van der Waals surface area contributed by atoms with E-state index in [0.717, 1.165) is 28.6 Å². The number of carbonyl (C=O) groups is 1. The van der Waals surface area contributed by atoms with Crippen molar-refractivity contribution in [1.29, 1.82) is 0 Å². The third kappa shape index (κ3) is 3.57. The largest absolute Gasteiger partial charge is 0.373 e. The third-order valence-electron chi connectivity index (χ3n) is 4.45. The molecule has 0 radical (unpaired) electrons. The van der Waals surface area contributed by atoms with Crippen LogP contribution in [0.25, 0.3) is 16.3 Å². The van der Waals surface area contributed by atoms with E-state index >= 15 is 0 Å². The van der Waals surface area contributed by atoms with Crippen LogP contribution >= 0.6 is 11.3 Å². The van der Waals surface area contributed by atoms with Gasteiger partial charge >= 0.3 is 0 Å². The Morgan fingerprint density at radius 2 is 2.28 bits per heavy atom. The summed E-state index contributed by atoms with van der Waals surface area (Å²) >= 11 is 1.58. The highest BCUT2D eigenvalue weighted by atomic mass is 32.1. The summed E-state index contributed by atoms with van der Waals surface area (Å²) in [5.74, 6) is 0.337. The molecule has 1 aromatic heterocycles. The molecule has 1 aromatic carbocycles. The molecular formula is C18H20N4O2S. The quantitative estimate of drug-likeness (QED) is 0.811. The van der Waals surface area contributed by atoms with Crippen molar-refractivity contribution in [3.63, 3.8) is 0 Å². The van der Waals surface area contributed by atoms with Crippen LogP contribution in [0, 0.1) is 0 Å². The molecule has 2 aliphatic rings. The van der Waals surface area contributed by atoms with Crippen molar-refractivity contribution in [2.45, 2.75) is 38.3 Å². The van der Waals surface area contributed by atoms with Gasteiger partial charge < -0.3 is 10.1 Å². The molecule has 1 atom stereocenters. The summed E-state index contributed by atoms with van der Waals surface area (Å²) in [6.07, 6.45) is 3.74. The van der Waals surface area contributed by atoms with Crippen LogP contribution in [0.3, 0.4) is 0 Å². The Kier molecular flexibility index (Phi) is 4.05.